The highest BCUT2D eigenvalue weighted by molar-refractivity contribution is 5.98. The van der Waals surface area contributed by atoms with Crippen LogP contribution in [-0.2, 0) is 16.0 Å². The van der Waals surface area contributed by atoms with E-state index in [1.807, 2.05) is 62.4 Å². The molecule has 156 valence electrons. The molecule has 6 heteroatoms. The van der Waals surface area contributed by atoms with Gasteiger partial charge in [-0.1, -0.05) is 55.5 Å². The van der Waals surface area contributed by atoms with Gasteiger partial charge in [0.15, 0.2) is 6.61 Å². The van der Waals surface area contributed by atoms with Crippen molar-refractivity contribution in [1.82, 2.24) is 9.97 Å². The van der Waals surface area contributed by atoms with Gasteiger partial charge in [-0.15, -0.1) is 0 Å². The van der Waals surface area contributed by atoms with Crippen LogP contribution in [0.1, 0.15) is 28.4 Å². The van der Waals surface area contributed by atoms with Crippen LogP contribution in [0.25, 0.3) is 22.4 Å². The van der Waals surface area contributed by atoms with Crippen LogP contribution in [0.2, 0.25) is 0 Å². The fourth-order valence-electron chi connectivity index (χ4n) is 3.46. The lowest BCUT2D eigenvalue weighted by Crippen LogP contribution is -2.22. The van der Waals surface area contributed by atoms with Gasteiger partial charge >= 0.3 is 5.97 Å². The van der Waals surface area contributed by atoms with E-state index in [4.69, 9.17) is 4.74 Å². The highest BCUT2D eigenvalue weighted by Crippen LogP contribution is 2.22. The molecule has 2 N–H and O–H groups in total. The smallest absolute Gasteiger partial charge is 0.338 e. The van der Waals surface area contributed by atoms with E-state index < -0.39 is 5.97 Å². The largest absolute Gasteiger partial charge is 0.452 e. The summed E-state index contributed by atoms with van der Waals surface area (Å²) in [7, 11) is 0. The van der Waals surface area contributed by atoms with E-state index in [1.54, 1.807) is 18.2 Å². The molecule has 3 aromatic carbocycles. The van der Waals surface area contributed by atoms with E-state index in [0.29, 0.717) is 5.56 Å². The second-order valence-electron chi connectivity index (χ2n) is 7.27. The van der Waals surface area contributed by atoms with Gasteiger partial charge in [-0.2, -0.15) is 0 Å². The van der Waals surface area contributed by atoms with Gasteiger partial charge in [0, 0.05) is 11.3 Å². The molecule has 6 nitrogen and oxygen atoms in total. The number of amides is 1. The maximum absolute atomic E-state index is 12.5. The Hall–Kier alpha value is -3.93. The summed E-state index contributed by atoms with van der Waals surface area (Å²) < 4.78 is 5.23. The number of fused-ring (bicyclic) bond motifs is 1. The predicted molar refractivity (Wildman–Crippen MR) is 121 cm³/mol. The van der Waals surface area contributed by atoms with Crippen LogP contribution < -0.4 is 5.32 Å². The minimum atomic E-state index is -0.562. The maximum Gasteiger partial charge on any atom is 0.338 e. The lowest BCUT2D eigenvalue weighted by molar-refractivity contribution is -0.119. The second-order valence-corrected chi connectivity index (χ2v) is 7.27. The number of rotatable bonds is 6. The zero-order valence-corrected chi connectivity index (χ0v) is 17.4. The van der Waals surface area contributed by atoms with Gasteiger partial charge in [-0.3, -0.25) is 4.79 Å². The number of carbonyl (C=O) groups excluding carboxylic acids is 2. The topological polar surface area (TPSA) is 84.1 Å². The van der Waals surface area contributed by atoms with E-state index in [-0.39, 0.29) is 12.5 Å². The standard InChI is InChI=1S/C25H23N3O3/c1-3-17-11-7-8-16(2)23(17)28-22(29)15-31-25(30)19-12-13-20-21(14-19)27-24(26-20)18-9-5-4-6-10-18/h4-14H,3,15H2,1-2H3,(H,26,27)(H,28,29). The van der Waals surface area contributed by atoms with E-state index in [2.05, 4.69) is 15.3 Å². The van der Waals surface area contributed by atoms with Crippen molar-refractivity contribution in [2.24, 2.45) is 0 Å². The Bertz CT molecular complexity index is 1250. The molecule has 0 spiro atoms. The van der Waals surface area contributed by atoms with Gasteiger partial charge in [0.2, 0.25) is 0 Å². The lowest BCUT2D eigenvalue weighted by atomic mass is 10.1. The molecule has 4 rings (SSSR count). The molecule has 0 atom stereocenters. The van der Waals surface area contributed by atoms with Crippen LogP contribution in [0.5, 0.6) is 0 Å². The van der Waals surface area contributed by atoms with Crippen LogP contribution in [0.15, 0.2) is 66.7 Å². The first-order chi connectivity index (χ1) is 15.0. The molecule has 0 saturated carbocycles. The molecule has 1 amide bonds. The summed E-state index contributed by atoms with van der Waals surface area (Å²) in [6.07, 6.45) is 0.798. The third-order valence-electron chi connectivity index (χ3n) is 5.10. The van der Waals surface area contributed by atoms with Gasteiger partial charge in [-0.25, -0.2) is 9.78 Å². The third kappa shape index (κ3) is 4.48. The summed E-state index contributed by atoms with van der Waals surface area (Å²) in [5.74, 6) is -0.204. The summed E-state index contributed by atoms with van der Waals surface area (Å²) >= 11 is 0. The molecule has 4 aromatic rings. The molecule has 0 bridgehead atoms. The molecule has 0 aliphatic rings. The Morgan fingerprint density at radius 3 is 2.61 bits per heavy atom. The SMILES string of the molecule is CCc1cccc(C)c1NC(=O)COC(=O)c1ccc2nc(-c3ccccc3)[nH]c2c1. The van der Waals surface area contributed by atoms with Crippen molar-refractivity contribution in [3.8, 4) is 11.4 Å². The highest BCUT2D eigenvalue weighted by atomic mass is 16.5. The molecule has 0 fully saturated rings. The monoisotopic (exact) mass is 413 g/mol. The van der Waals surface area contributed by atoms with Crippen molar-refractivity contribution in [3.63, 3.8) is 0 Å². The molecule has 0 aliphatic heterocycles. The van der Waals surface area contributed by atoms with Crippen LogP contribution in [0, 0.1) is 6.92 Å². The average molecular weight is 413 g/mol. The van der Waals surface area contributed by atoms with E-state index in [9.17, 15) is 9.59 Å². The minimum Gasteiger partial charge on any atom is -0.452 e. The minimum absolute atomic E-state index is 0.355. The summed E-state index contributed by atoms with van der Waals surface area (Å²) in [5.41, 5.74) is 5.58. The van der Waals surface area contributed by atoms with Gasteiger partial charge < -0.3 is 15.0 Å². The number of carbonyl (C=O) groups is 2. The summed E-state index contributed by atoms with van der Waals surface area (Å²) in [4.78, 5) is 32.6. The molecule has 0 radical (unpaired) electrons. The molecule has 1 heterocycles. The number of ether oxygens (including phenoxy) is 1. The average Bonchev–Trinajstić information content (AvgIpc) is 3.23. The van der Waals surface area contributed by atoms with Crippen LogP contribution in [0.4, 0.5) is 5.69 Å². The van der Waals surface area contributed by atoms with Crippen molar-refractivity contribution < 1.29 is 14.3 Å². The number of aromatic nitrogens is 2. The number of aryl methyl sites for hydroxylation is 2. The number of hydrogen-bond acceptors (Lipinski definition) is 4. The number of benzene rings is 3. The molecule has 0 saturated heterocycles. The molecule has 31 heavy (non-hydrogen) atoms. The fourth-order valence-corrected chi connectivity index (χ4v) is 3.46. The summed E-state index contributed by atoms with van der Waals surface area (Å²) in [5, 5.41) is 2.86. The Kier molecular flexibility index (Phi) is 5.80. The first-order valence-electron chi connectivity index (χ1n) is 10.2. The highest BCUT2D eigenvalue weighted by Gasteiger charge is 2.14. The van der Waals surface area contributed by atoms with Gasteiger partial charge in [0.25, 0.3) is 5.91 Å². The Morgan fingerprint density at radius 1 is 1.03 bits per heavy atom. The number of H-pyrrole nitrogens is 1. The first-order valence-corrected chi connectivity index (χ1v) is 10.2. The number of para-hydroxylation sites is 1. The van der Waals surface area contributed by atoms with Gasteiger partial charge in [-0.05, 0) is 42.7 Å². The second kappa shape index (κ2) is 8.83. The number of nitrogens with one attached hydrogen (secondary N) is 2. The summed E-state index contributed by atoms with van der Waals surface area (Å²) in [6, 6.07) is 20.7. The molecular formula is C25H23N3O3. The molecule has 1 aromatic heterocycles. The van der Waals surface area contributed by atoms with Crippen molar-refractivity contribution in [3.05, 3.63) is 83.4 Å². The summed E-state index contributed by atoms with van der Waals surface area (Å²) in [6.45, 7) is 3.61. The van der Waals surface area contributed by atoms with Crippen molar-refractivity contribution >= 4 is 28.6 Å². The normalized spacial score (nSPS) is 10.8. The Morgan fingerprint density at radius 2 is 1.84 bits per heavy atom. The predicted octanol–water partition coefficient (Wildman–Crippen LogP) is 4.90. The number of esters is 1. The van der Waals surface area contributed by atoms with Crippen LogP contribution >= 0.6 is 0 Å². The molecule has 0 aliphatic carbocycles. The number of nitrogens with zero attached hydrogens (tertiary/aromatic N) is 1. The van der Waals surface area contributed by atoms with Crippen molar-refractivity contribution in [2.45, 2.75) is 20.3 Å². The Balaban J connectivity index is 1.43. The van der Waals surface area contributed by atoms with Crippen molar-refractivity contribution in [2.75, 3.05) is 11.9 Å². The van der Waals surface area contributed by atoms with Crippen molar-refractivity contribution in [1.29, 1.82) is 0 Å². The van der Waals surface area contributed by atoms with Crippen LogP contribution in [0.3, 0.4) is 0 Å². The van der Waals surface area contributed by atoms with E-state index in [0.717, 1.165) is 45.7 Å². The van der Waals surface area contributed by atoms with E-state index in [1.165, 1.54) is 0 Å². The molecule has 0 unspecified atom stereocenters. The number of hydrogen-bond donors (Lipinski definition) is 2. The van der Waals surface area contributed by atoms with E-state index >= 15 is 0 Å². The Labute approximate surface area is 180 Å². The fraction of sp³-hybridized carbons (Fsp3) is 0.160. The number of anilines is 1. The number of aromatic amines is 1. The number of imidazole rings is 1. The van der Waals surface area contributed by atoms with Gasteiger partial charge in [0.1, 0.15) is 5.82 Å². The maximum atomic E-state index is 12.5. The third-order valence-corrected chi connectivity index (χ3v) is 5.10. The van der Waals surface area contributed by atoms with Crippen LogP contribution in [-0.4, -0.2) is 28.5 Å². The quantitative estimate of drug-likeness (QED) is 0.441. The zero-order valence-electron chi connectivity index (χ0n) is 17.4. The lowest BCUT2D eigenvalue weighted by Gasteiger charge is -2.13. The molecular weight excluding hydrogens is 390 g/mol. The first kappa shape index (κ1) is 20.3. The van der Waals surface area contributed by atoms with Gasteiger partial charge in [0.05, 0.1) is 16.6 Å². The zero-order chi connectivity index (χ0) is 21.8.